The molecule has 1 atom stereocenters. The van der Waals surface area contributed by atoms with E-state index in [4.69, 9.17) is 0 Å². The second kappa shape index (κ2) is 4.29. The Morgan fingerprint density at radius 1 is 1.24 bits per heavy atom. The first-order chi connectivity index (χ1) is 8.06. The largest absolute Gasteiger partial charge is 0.299 e. The first kappa shape index (κ1) is 12.3. The summed E-state index contributed by atoms with van der Waals surface area (Å²) in [6.07, 6.45) is 2.69. The van der Waals surface area contributed by atoms with Crippen molar-refractivity contribution < 1.29 is 4.79 Å². The normalized spacial score (nSPS) is 22.4. The average Bonchev–Trinajstić information content (AvgIpc) is 2.32. The molecule has 2 rings (SSSR count). The molecular weight excluding hydrogens is 208 g/mol. The van der Waals surface area contributed by atoms with Crippen LogP contribution in [0.1, 0.15) is 55.7 Å². The van der Waals surface area contributed by atoms with Gasteiger partial charge < -0.3 is 0 Å². The van der Waals surface area contributed by atoms with Crippen LogP contribution in [0.15, 0.2) is 18.2 Å². The molecule has 0 radical (unpaired) electrons. The van der Waals surface area contributed by atoms with Gasteiger partial charge in [-0.25, -0.2) is 0 Å². The summed E-state index contributed by atoms with van der Waals surface area (Å²) in [6, 6.07) is 6.48. The summed E-state index contributed by atoms with van der Waals surface area (Å²) in [6.45, 7) is 8.64. The number of hydrogen-bond donors (Lipinski definition) is 0. The van der Waals surface area contributed by atoms with Gasteiger partial charge in [0.2, 0.25) is 0 Å². The van der Waals surface area contributed by atoms with Gasteiger partial charge in [-0.3, -0.25) is 4.79 Å². The van der Waals surface area contributed by atoms with Crippen LogP contribution in [0.5, 0.6) is 0 Å². The van der Waals surface area contributed by atoms with Crippen LogP contribution in [0.2, 0.25) is 0 Å². The molecule has 1 aliphatic carbocycles. The van der Waals surface area contributed by atoms with E-state index in [0.29, 0.717) is 11.7 Å². The van der Waals surface area contributed by atoms with Crippen molar-refractivity contribution in [1.82, 2.24) is 0 Å². The van der Waals surface area contributed by atoms with E-state index in [0.717, 1.165) is 19.3 Å². The Hall–Kier alpha value is -1.11. The van der Waals surface area contributed by atoms with E-state index in [2.05, 4.69) is 45.9 Å². The molecule has 1 aromatic carbocycles. The molecule has 1 unspecified atom stereocenters. The Morgan fingerprint density at radius 3 is 2.41 bits per heavy atom. The number of aryl methyl sites for hydroxylation is 1. The molecule has 1 saturated carbocycles. The van der Waals surface area contributed by atoms with E-state index in [1.807, 2.05) is 0 Å². The van der Waals surface area contributed by atoms with Crippen LogP contribution in [0.4, 0.5) is 0 Å². The standard InChI is InChI=1S/C16H22O/c1-5-16(6-2)14(10-15(16)17)13-9-7-8-11(3)12(13)4/h7-9,14H,5-6,10H2,1-4H3. The maximum absolute atomic E-state index is 12.0. The van der Waals surface area contributed by atoms with Gasteiger partial charge in [0.25, 0.3) is 0 Å². The topological polar surface area (TPSA) is 17.1 Å². The van der Waals surface area contributed by atoms with E-state index in [1.54, 1.807) is 0 Å². The van der Waals surface area contributed by atoms with Gasteiger partial charge in [0, 0.05) is 17.8 Å². The fourth-order valence-corrected chi connectivity index (χ4v) is 3.34. The molecule has 0 aromatic heterocycles. The summed E-state index contributed by atoms with van der Waals surface area (Å²) >= 11 is 0. The van der Waals surface area contributed by atoms with Crippen LogP contribution in [0.25, 0.3) is 0 Å². The predicted octanol–water partition coefficient (Wildman–Crippen LogP) is 4.17. The Labute approximate surface area is 104 Å². The number of carbonyl (C=O) groups excluding carboxylic acids is 1. The fraction of sp³-hybridized carbons (Fsp3) is 0.562. The number of Topliss-reactive ketones (excluding diaryl/α,β-unsaturated/α-hetero) is 1. The lowest BCUT2D eigenvalue weighted by molar-refractivity contribution is -0.141. The molecule has 1 aromatic rings. The van der Waals surface area contributed by atoms with Gasteiger partial charge in [-0.05, 0) is 43.4 Å². The van der Waals surface area contributed by atoms with Crippen molar-refractivity contribution in [2.24, 2.45) is 5.41 Å². The van der Waals surface area contributed by atoms with Gasteiger partial charge in [0.05, 0.1) is 0 Å². The van der Waals surface area contributed by atoms with Crippen molar-refractivity contribution in [2.45, 2.75) is 52.9 Å². The summed E-state index contributed by atoms with van der Waals surface area (Å²) in [5.74, 6) is 0.915. The first-order valence-electron chi connectivity index (χ1n) is 6.66. The zero-order chi connectivity index (χ0) is 12.6. The Morgan fingerprint density at radius 2 is 1.88 bits per heavy atom. The lowest BCUT2D eigenvalue weighted by Gasteiger charge is -2.48. The highest BCUT2D eigenvalue weighted by atomic mass is 16.1. The molecule has 1 nitrogen and oxygen atoms in total. The fourth-order valence-electron chi connectivity index (χ4n) is 3.34. The van der Waals surface area contributed by atoms with Crippen molar-refractivity contribution in [3.05, 3.63) is 34.9 Å². The van der Waals surface area contributed by atoms with Gasteiger partial charge in [-0.2, -0.15) is 0 Å². The number of rotatable bonds is 3. The lowest BCUT2D eigenvalue weighted by Crippen LogP contribution is -2.47. The van der Waals surface area contributed by atoms with Crippen LogP contribution in [0, 0.1) is 19.3 Å². The minimum atomic E-state index is -0.0709. The van der Waals surface area contributed by atoms with Gasteiger partial charge in [0.15, 0.2) is 0 Å². The van der Waals surface area contributed by atoms with Gasteiger partial charge in [0.1, 0.15) is 5.78 Å². The maximum Gasteiger partial charge on any atom is 0.140 e. The van der Waals surface area contributed by atoms with Crippen LogP contribution in [0.3, 0.4) is 0 Å². The molecule has 0 saturated heterocycles. The third-order valence-corrected chi connectivity index (χ3v) is 4.90. The summed E-state index contributed by atoms with van der Waals surface area (Å²) < 4.78 is 0. The average molecular weight is 230 g/mol. The first-order valence-corrected chi connectivity index (χ1v) is 6.66. The minimum Gasteiger partial charge on any atom is -0.299 e. The predicted molar refractivity (Wildman–Crippen MR) is 71.3 cm³/mol. The maximum atomic E-state index is 12.0. The SMILES string of the molecule is CCC1(CC)C(=O)CC1c1cccc(C)c1C. The third-order valence-electron chi connectivity index (χ3n) is 4.90. The van der Waals surface area contributed by atoms with Crippen LogP contribution in [-0.4, -0.2) is 5.78 Å². The van der Waals surface area contributed by atoms with Gasteiger partial charge in [-0.1, -0.05) is 32.0 Å². The molecule has 0 heterocycles. The Bertz CT molecular complexity index is 441. The zero-order valence-corrected chi connectivity index (χ0v) is 11.3. The quantitative estimate of drug-likeness (QED) is 0.761. The van der Waals surface area contributed by atoms with E-state index in [9.17, 15) is 4.79 Å². The monoisotopic (exact) mass is 230 g/mol. The van der Waals surface area contributed by atoms with E-state index < -0.39 is 0 Å². The highest BCUT2D eigenvalue weighted by Crippen LogP contribution is 2.55. The van der Waals surface area contributed by atoms with E-state index in [1.165, 1.54) is 16.7 Å². The van der Waals surface area contributed by atoms with Gasteiger partial charge >= 0.3 is 0 Å². The molecule has 1 fully saturated rings. The number of benzene rings is 1. The smallest absolute Gasteiger partial charge is 0.140 e. The molecule has 0 aliphatic heterocycles. The molecule has 17 heavy (non-hydrogen) atoms. The summed E-state index contributed by atoms with van der Waals surface area (Å²) in [4.78, 5) is 12.0. The molecular formula is C16H22O. The van der Waals surface area contributed by atoms with Crippen LogP contribution >= 0.6 is 0 Å². The molecule has 92 valence electrons. The van der Waals surface area contributed by atoms with E-state index >= 15 is 0 Å². The highest BCUT2D eigenvalue weighted by Gasteiger charge is 2.52. The molecule has 0 bridgehead atoms. The summed E-state index contributed by atoms with van der Waals surface area (Å²) in [7, 11) is 0. The number of carbonyl (C=O) groups is 1. The highest BCUT2D eigenvalue weighted by molar-refractivity contribution is 5.93. The van der Waals surface area contributed by atoms with Crippen molar-refractivity contribution in [2.75, 3.05) is 0 Å². The van der Waals surface area contributed by atoms with Crippen molar-refractivity contribution in [3.8, 4) is 0 Å². The summed E-state index contributed by atoms with van der Waals surface area (Å²) in [5, 5.41) is 0. The third kappa shape index (κ3) is 1.64. The minimum absolute atomic E-state index is 0.0709. The molecule has 0 N–H and O–H groups in total. The van der Waals surface area contributed by atoms with E-state index in [-0.39, 0.29) is 5.41 Å². The van der Waals surface area contributed by atoms with Crippen molar-refractivity contribution in [1.29, 1.82) is 0 Å². The van der Waals surface area contributed by atoms with Crippen molar-refractivity contribution in [3.63, 3.8) is 0 Å². The molecule has 0 spiro atoms. The molecule has 0 amide bonds. The van der Waals surface area contributed by atoms with Crippen LogP contribution in [-0.2, 0) is 4.79 Å². The number of ketones is 1. The second-order valence-corrected chi connectivity index (χ2v) is 5.33. The van der Waals surface area contributed by atoms with Crippen LogP contribution < -0.4 is 0 Å². The molecule has 1 aliphatic rings. The Kier molecular flexibility index (Phi) is 3.11. The lowest BCUT2D eigenvalue weighted by atomic mass is 9.53. The number of hydrogen-bond acceptors (Lipinski definition) is 1. The Balaban J connectivity index is 2.42. The second-order valence-electron chi connectivity index (χ2n) is 5.33. The zero-order valence-electron chi connectivity index (χ0n) is 11.3. The summed E-state index contributed by atoms with van der Waals surface area (Å²) in [5.41, 5.74) is 4.03. The molecule has 1 heteroatoms. The van der Waals surface area contributed by atoms with Gasteiger partial charge in [-0.15, -0.1) is 0 Å². The van der Waals surface area contributed by atoms with Crippen molar-refractivity contribution >= 4 is 5.78 Å².